The number of aromatic carboxylic acids is 1. The van der Waals surface area contributed by atoms with Crippen molar-refractivity contribution in [2.24, 2.45) is 0 Å². The fourth-order valence-electron chi connectivity index (χ4n) is 2.61. The maximum Gasteiger partial charge on any atom is 0.335 e. The van der Waals surface area contributed by atoms with E-state index in [1.54, 1.807) is 11.8 Å². The fourth-order valence-corrected chi connectivity index (χ4v) is 2.61. The number of likely N-dealkylation sites (tertiary alicyclic amines) is 1. The van der Waals surface area contributed by atoms with Gasteiger partial charge in [-0.05, 0) is 44.4 Å². The average molecular weight is 307 g/mol. The number of rotatable bonds is 3. The number of nitrogens with zero attached hydrogens (tertiary/aromatic N) is 1. The Bertz CT molecular complexity index is 582. The molecule has 1 atom stereocenters. The zero-order valence-corrected chi connectivity index (χ0v) is 12.8. The lowest BCUT2D eigenvalue weighted by molar-refractivity contribution is 0.0437. The van der Waals surface area contributed by atoms with Crippen LogP contribution in [0, 0.1) is 0 Å². The Balaban J connectivity index is 2.25. The summed E-state index contributed by atoms with van der Waals surface area (Å²) in [6, 6.07) is 4.28. The van der Waals surface area contributed by atoms with Gasteiger partial charge in [0.2, 0.25) is 0 Å². The first-order valence-electron chi connectivity index (χ1n) is 7.26. The predicted molar refractivity (Wildman–Crippen MR) is 80.3 cm³/mol. The molecule has 1 fully saturated rings. The Hall–Kier alpha value is -2.08. The second kappa shape index (κ2) is 6.36. The molecule has 6 heteroatoms. The Morgan fingerprint density at radius 1 is 1.18 bits per heavy atom. The Morgan fingerprint density at radius 3 is 2.50 bits per heavy atom. The van der Waals surface area contributed by atoms with Crippen LogP contribution in [-0.2, 0) is 0 Å². The van der Waals surface area contributed by atoms with E-state index in [0.717, 1.165) is 0 Å². The van der Waals surface area contributed by atoms with E-state index < -0.39 is 11.6 Å². The number of benzene rings is 1. The van der Waals surface area contributed by atoms with Crippen molar-refractivity contribution in [3.63, 3.8) is 0 Å². The molecule has 0 spiro atoms. The van der Waals surface area contributed by atoms with Crippen LogP contribution in [0.15, 0.2) is 18.2 Å². The molecule has 2 rings (SSSR count). The molecule has 0 bridgehead atoms. The highest BCUT2D eigenvalue weighted by Crippen LogP contribution is 2.24. The minimum absolute atomic E-state index is 0.0181. The molecule has 1 aliphatic rings. The van der Waals surface area contributed by atoms with Crippen LogP contribution in [-0.4, -0.2) is 52.8 Å². The van der Waals surface area contributed by atoms with Crippen LogP contribution >= 0.6 is 0 Å². The smallest absolute Gasteiger partial charge is 0.335 e. The second-order valence-corrected chi connectivity index (χ2v) is 5.90. The zero-order chi connectivity index (χ0) is 16.3. The summed E-state index contributed by atoms with van der Waals surface area (Å²) in [5, 5.41) is 19.2. The summed E-state index contributed by atoms with van der Waals surface area (Å²) in [6.45, 7) is 2.77. The number of ether oxygens (including phenoxy) is 1. The molecule has 0 unspecified atom stereocenters. The third kappa shape index (κ3) is 3.76. The first-order chi connectivity index (χ1) is 10.3. The number of hydrogen-bond donors (Lipinski definition) is 2. The van der Waals surface area contributed by atoms with Crippen LogP contribution in [0.3, 0.4) is 0 Å². The molecule has 1 saturated heterocycles. The number of aliphatic hydroxyl groups is 1. The van der Waals surface area contributed by atoms with Crippen molar-refractivity contribution in [2.45, 2.75) is 31.8 Å². The summed E-state index contributed by atoms with van der Waals surface area (Å²) in [7, 11) is 1.43. The molecule has 1 amide bonds. The predicted octanol–water partition coefficient (Wildman–Crippen LogP) is 1.77. The van der Waals surface area contributed by atoms with Crippen molar-refractivity contribution in [3.05, 3.63) is 29.3 Å². The van der Waals surface area contributed by atoms with Crippen LogP contribution < -0.4 is 4.74 Å². The molecule has 6 nitrogen and oxygen atoms in total. The van der Waals surface area contributed by atoms with Gasteiger partial charge in [-0.15, -0.1) is 0 Å². The van der Waals surface area contributed by atoms with Crippen LogP contribution in [0.4, 0.5) is 0 Å². The summed E-state index contributed by atoms with van der Waals surface area (Å²) in [5.41, 5.74) is -0.446. The lowest BCUT2D eigenvalue weighted by Crippen LogP contribution is -2.33. The van der Waals surface area contributed by atoms with Crippen LogP contribution in [0.2, 0.25) is 0 Å². The van der Waals surface area contributed by atoms with E-state index in [-0.39, 0.29) is 11.5 Å². The highest BCUT2D eigenvalue weighted by atomic mass is 16.5. The van der Waals surface area contributed by atoms with E-state index in [1.165, 1.54) is 25.3 Å². The van der Waals surface area contributed by atoms with Gasteiger partial charge in [-0.1, -0.05) is 0 Å². The van der Waals surface area contributed by atoms with Crippen molar-refractivity contribution in [3.8, 4) is 5.75 Å². The van der Waals surface area contributed by atoms with E-state index in [4.69, 9.17) is 9.84 Å². The summed E-state index contributed by atoms with van der Waals surface area (Å²) in [4.78, 5) is 25.4. The second-order valence-electron chi connectivity index (χ2n) is 5.90. The highest BCUT2D eigenvalue weighted by Gasteiger charge is 2.28. The highest BCUT2D eigenvalue weighted by molar-refractivity contribution is 5.98. The minimum atomic E-state index is -1.10. The molecular formula is C16H21NO5. The minimum Gasteiger partial charge on any atom is -0.497 e. The lowest BCUT2D eigenvalue weighted by Gasteiger charge is -2.23. The largest absolute Gasteiger partial charge is 0.497 e. The summed E-state index contributed by atoms with van der Waals surface area (Å²) < 4.78 is 5.07. The van der Waals surface area contributed by atoms with Crippen molar-refractivity contribution < 1.29 is 24.5 Å². The third-order valence-corrected chi connectivity index (χ3v) is 3.99. The molecule has 0 saturated carbocycles. The number of carbonyl (C=O) groups excluding carboxylic acids is 1. The quantitative estimate of drug-likeness (QED) is 0.888. The van der Waals surface area contributed by atoms with Gasteiger partial charge >= 0.3 is 5.97 Å². The fraction of sp³-hybridized carbons (Fsp3) is 0.500. The van der Waals surface area contributed by atoms with Crippen molar-refractivity contribution in [1.82, 2.24) is 4.90 Å². The number of carbonyl (C=O) groups is 2. The summed E-state index contributed by atoms with van der Waals surface area (Å²) in [5.74, 6) is -1.00. The van der Waals surface area contributed by atoms with E-state index >= 15 is 0 Å². The molecule has 1 aliphatic heterocycles. The normalized spacial score (nSPS) is 22.0. The number of amides is 1. The molecule has 0 radical (unpaired) electrons. The van der Waals surface area contributed by atoms with E-state index in [2.05, 4.69) is 0 Å². The first-order valence-corrected chi connectivity index (χ1v) is 7.26. The maximum atomic E-state index is 12.6. The molecule has 2 N–H and O–H groups in total. The van der Waals surface area contributed by atoms with E-state index in [9.17, 15) is 14.7 Å². The zero-order valence-electron chi connectivity index (χ0n) is 12.8. The third-order valence-electron chi connectivity index (χ3n) is 3.99. The molecular weight excluding hydrogens is 286 g/mol. The maximum absolute atomic E-state index is 12.6. The van der Waals surface area contributed by atoms with Gasteiger partial charge in [0.05, 0.1) is 18.3 Å². The van der Waals surface area contributed by atoms with Crippen molar-refractivity contribution in [2.75, 3.05) is 20.2 Å². The topological polar surface area (TPSA) is 87.1 Å². The lowest BCUT2D eigenvalue weighted by atomic mass is 9.98. The number of carboxylic acid groups (broad SMARTS) is 1. The molecule has 1 aromatic carbocycles. The average Bonchev–Trinajstić information content (AvgIpc) is 2.66. The Morgan fingerprint density at radius 2 is 1.86 bits per heavy atom. The Kier molecular flexibility index (Phi) is 4.71. The molecule has 1 aromatic rings. The monoisotopic (exact) mass is 307 g/mol. The van der Waals surface area contributed by atoms with E-state index in [1.807, 2.05) is 0 Å². The van der Waals surface area contributed by atoms with Gasteiger partial charge in [0, 0.05) is 18.7 Å². The molecule has 120 valence electrons. The van der Waals surface area contributed by atoms with Gasteiger partial charge in [-0.2, -0.15) is 0 Å². The van der Waals surface area contributed by atoms with Gasteiger partial charge < -0.3 is 19.8 Å². The Labute approximate surface area is 129 Å². The number of methoxy groups -OCH3 is 1. The first kappa shape index (κ1) is 16.3. The van der Waals surface area contributed by atoms with Gasteiger partial charge in [0.1, 0.15) is 5.75 Å². The van der Waals surface area contributed by atoms with Crippen LogP contribution in [0.5, 0.6) is 5.75 Å². The van der Waals surface area contributed by atoms with E-state index in [0.29, 0.717) is 43.7 Å². The number of hydrogen-bond acceptors (Lipinski definition) is 4. The molecule has 0 aromatic heterocycles. The van der Waals surface area contributed by atoms with Crippen LogP contribution in [0.1, 0.15) is 46.9 Å². The van der Waals surface area contributed by atoms with Gasteiger partial charge in [-0.3, -0.25) is 4.79 Å². The van der Waals surface area contributed by atoms with Crippen molar-refractivity contribution >= 4 is 11.9 Å². The molecule has 22 heavy (non-hydrogen) atoms. The van der Waals surface area contributed by atoms with Gasteiger partial charge in [0.15, 0.2) is 0 Å². The molecule has 0 aliphatic carbocycles. The summed E-state index contributed by atoms with van der Waals surface area (Å²) in [6.07, 6.45) is 1.87. The SMILES string of the molecule is COc1cc(C(=O)O)cc(C(=O)N2CCC[C@](C)(O)CC2)c1. The van der Waals surface area contributed by atoms with Crippen molar-refractivity contribution in [1.29, 1.82) is 0 Å². The van der Waals surface area contributed by atoms with Gasteiger partial charge in [-0.25, -0.2) is 4.79 Å². The van der Waals surface area contributed by atoms with Gasteiger partial charge in [0.25, 0.3) is 5.91 Å². The standard InChI is InChI=1S/C16H21NO5/c1-16(21)4-3-6-17(7-5-16)14(18)11-8-12(15(19)20)10-13(9-11)22-2/h8-10,21H,3-7H2,1-2H3,(H,19,20)/t16-/m0/s1. The van der Waals surface area contributed by atoms with Crippen LogP contribution in [0.25, 0.3) is 0 Å². The molecule has 1 heterocycles. The number of carboxylic acids is 1. The summed E-state index contributed by atoms with van der Waals surface area (Å²) >= 11 is 0.